The molecule has 0 saturated carbocycles. The molecule has 1 fully saturated rings. The van der Waals surface area contributed by atoms with Gasteiger partial charge in [-0.3, -0.25) is 5.32 Å². The Labute approximate surface area is 144 Å². The maximum Gasteiger partial charge on any atom is 0.325 e. The van der Waals surface area contributed by atoms with Gasteiger partial charge < -0.3 is 10.2 Å². The molecule has 2 amide bonds. The van der Waals surface area contributed by atoms with Crippen LogP contribution in [0.25, 0.3) is 0 Å². The number of rotatable bonds is 3. The van der Waals surface area contributed by atoms with Gasteiger partial charge in [0, 0.05) is 18.3 Å². The summed E-state index contributed by atoms with van der Waals surface area (Å²) in [7, 11) is 0. The fourth-order valence-electron chi connectivity index (χ4n) is 2.69. The first-order valence-electron chi connectivity index (χ1n) is 7.97. The van der Waals surface area contributed by atoms with Crippen LogP contribution >= 0.6 is 11.3 Å². The van der Waals surface area contributed by atoms with E-state index >= 15 is 0 Å². The number of nitrogens with one attached hydrogen (secondary N) is 2. The average Bonchev–Trinajstić information content (AvgIpc) is 2.99. The van der Waals surface area contributed by atoms with Gasteiger partial charge in [0.1, 0.15) is 5.82 Å². The second-order valence-electron chi connectivity index (χ2n) is 5.97. The Bertz CT molecular complexity index is 735. The third-order valence-electron chi connectivity index (χ3n) is 4.11. The number of amides is 2. The molecule has 2 N–H and O–H groups in total. The lowest BCUT2D eigenvalue weighted by molar-refractivity contribution is 0.262. The second kappa shape index (κ2) is 7.12. The van der Waals surface area contributed by atoms with E-state index in [9.17, 15) is 9.18 Å². The number of hydrogen-bond donors (Lipinski definition) is 2. The molecule has 1 atom stereocenters. The van der Waals surface area contributed by atoms with Crippen molar-refractivity contribution < 1.29 is 9.18 Å². The molecule has 24 heavy (non-hydrogen) atoms. The van der Waals surface area contributed by atoms with Crippen molar-refractivity contribution in [3.05, 3.63) is 29.6 Å². The molecule has 0 spiro atoms. The summed E-state index contributed by atoms with van der Waals surface area (Å²) in [6.45, 7) is 4.81. The van der Waals surface area contributed by atoms with Crippen LogP contribution in [-0.2, 0) is 0 Å². The van der Waals surface area contributed by atoms with E-state index in [1.54, 1.807) is 19.1 Å². The zero-order chi connectivity index (χ0) is 17.1. The molecule has 2 aromatic rings. The monoisotopic (exact) mass is 349 g/mol. The number of halogens is 1. The maximum absolute atomic E-state index is 13.5. The van der Waals surface area contributed by atoms with Crippen molar-refractivity contribution >= 4 is 33.3 Å². The lowest BCUT2D eigenvalue weighted by Crippen LogP contribution is -2.37. The van der Waals surface area contributed by atoms with E-state index in [0.717, 1.165) is 24.5 Å². The number of carbonyl (C=O) groups excluding carboxylic acids is 1. The van der Waals surface area contributed by atoms with Crippen LogP contribution in [-0.4, -0.2) is 28.8 Å². The van der Waals surface area contributed by atoms with Gasteiger partial charge in [-0.2, -0.15) is 0 Å². The Hall–Kier alpha value is -2.22. The smallest absolute Gasteiger partial charge is 0.325 e. The van der Waals surface area contributed by atoms with Crippen molar-refractivity contribution in [3.8, 4) is 0 Å². The average molecular weight is 349 g/mol. The number of nitrogens with zero attached hydrogens (tertiary/aromatic N) is 3. The molecule has 0 aliphatic carbocycles. The van der Waals surface area contributed by atoms with Gasteiger partial charge in [-0.15, -0.1) is 10.2 Å². The fourth-order valence-corrected chi connectivity index (χ4v) is 3.56. The molecule has 3 rings (SSSR count). The number of benzene rings is 1. The highest BCUT2D eigenvalue weighted by atomic mass is 32.1. The van der Waals surface area contributed by atoms with E-state index in [1.807, 2.05) is 0 Å². The molecular formula is C16H20FN5OS. The number of carbonyl (C=O) groups is 1. The molecule has 1 aromatic heterocycles. The predicted molar refractivity (Wildman–Crippen MR) is 94.3 cm³/mol. The van der Waals surface area contributed by atoms with Crippen molar-refractivity contribution in [2.24, 2.45) is 0 Å². The Balaban J connectivity index is 1.61. The van der Waals surface area contributed by atoms with Crippen molar-refractivity contribution in [3.63, 3.8) is 0 Å². The number of hydrogen-bond acceptors (Lipinski definition) is 5. The number of piperidine rings is 1. The van der Waals surface area contributed by atoms with E-state index in [1.165, 1.54) is 23.8 Å². The third-order valence-corrected chi connectivity index (χ3v) is 4.99. The number of aryl methyl sites for hydroxylation is 1. The van der Waals surface area contributed by atoms with Gasteiger partial charge in [0.15, 0.2) is 0 Å². The van der Waals surface area contributed by atoms with Gasteiger partial charge in [0.05, 0.1) is 0 Å². The predicted octanol–water partition coefficient (Wildman–Crippen LogP) is 4.01. The van der Waals surface area contributed by atoms with Crippen LogP contribution in [0.4, 0.5) is 25.1 Å². The van der Waals surface area contributed by atoms with E-state index in [2.05, 4.69) is 32.7 Å². The molecule has 0 unspecified atom stereocenters. The Kier molecular flexibility index (Phi) is 4.94. The van der Waals surface area contributed by atoms with Crippen LogP contribution in [0.5, 0.6) is 0 Å². The highest BCUT2D eigenvalue weighted by Crippen LogP contribution is 2.29. The standard InChI is InChI=1S/C16H20FN5OS/c1-10-6-7-12(9-13(10)17)18-14(23)19-15-20-21-16(24-15)22-8-4-3-5-11(22)2/h6-7,9,11H,3-5,8H2,1-2H3,(H2,18,19,20,23)/t11-/m0/s1. The molecule has 1 aliphatic rings. The zero-order valence-corrected chi connectivity index (χ0v) is 14.5. The van der Waals surface area contributed by atoms with Gasteiger partial charge in [-0.05, 0) is 50.8 Å². The van der Waals surface area contributed by atoms with Crippen molar-refractivity contribution in [2.45, 2.75) is 39.2 Å². The summed E-state index contributed by atoms with van der Waals surface area (Å²) in [4.78, 5) is 14.2. The fraction of sp³-hybridized carbons (Fsp3) is 0.438. The zero-order valence-electron chi connectivity index (χ0n) is 13.7. The lowest BCUT2D eigenvalue weighted by atomic mass is 10.1. The van der Waals surface area contributed by atoms with E-state index in [4.69, 9.17) is 0 Å². The Morgan fingerprint density at radius 2 is 2.17 bits per heavy atom. The summed E-state index contributed by atoms with van der Waals surface area (Å²) in [6, 6.07) is 4.53. The van der Waals surface area contributed by atoms with Gasteiger partial charge in [-0.25, -0.2) is 9.18 Å². The molecule has 0 radical (unpaired) electrons. The number of anilines is 3. The Morgan fingerprint density at radius 1 is 1.33 bits per heavy atom. The maximum atomic E-state index is 13.5. The minimum atomic E-state index is -0.465. The van der Waals surface area contributed by atoms with E-state index in [-0.39, 0.29) is 5.82 Å². The molecule has 8 heteroatoms. The van der Waals surface area contributed by atoms with Crippen LogP contribution in [0.3, 0.4) is 0 Å². The summed E-state index contributed by atoms with van der Waals surface area (Å²) in [5.74, 6) is -0.356. The summed E-state index contributed by atoms with van der Waals surface area (Å²) < 4.78 is 13.5. The first-order valence-corrected chi connectivity index (χ1v) is 8.79. The van der Waals surface area contributed by atoms with Crippen LogP contribution in [0, 0.1) is 12.7 Å². The normalized spacial score (nSPS) is 17.6. The van der Waals surface area contributed by atoms with Gasteiger partial charge in [-0.1, -0.05) is 17.4 Å². The van der Waals surface area contributed by atoms with Gasteiger partial charge >= 0.3 is 6.03 Å². The minimum Gasteiger partial charge on any atom is -0.344 e. The SMILES string of the molecule is Cc1ccc(NC(=O)Nc2nnc(N3CCCC[C@@H]3C)s2)cc1F. The molecular weight excluding hydrogens is 329 g/mol. The molecule has 1 aromatic carbocycles. The first kappa shape index (κ1) is 16.6. The quantitative estimate of drug-likeness (QED) is 0.878. The summed E-state index contributed by atoms with van der Waals surface area (Å²) >= 11 is 1.35. The highest BCUT2D eigenvalue weighted by Gasteiger charge is 2.22. The molecule has 128 valence electrons. The molecule has 2 heterocycles. The topological polar surface area (TPSA) is 70.1 Å². The highest BCUT2D eigenvalue weighted by molar-refractivity contribution is 7.19. The van der Waals surface area contributed by atoms with Gasteiger partial charge in [0.2, 0.25) is 10.3 Å². The van der Waals surface area contributed by atoms with Crippen LogP contribution in [0.2, 0.25) is 0 Å². The second-order valence-corrected chi connectivity index (χ2v) is 6.93. The van der Waals surface area contributed by atoms with Crippen molar-refractivity contribution in [1.82, 2.24) is 10.2 Å². The number of aromatic nitrogens is 2. The molecule has 0 bridgehead atoms. The minimum absolute atomic E-state index is 0.356. The van der Waals surface area contributed by atoms with Crippen LogP contribution in [0.15, 0.2) is 18.2 Å². The van der Waals surface area contributed by atoms with E-state index < -0.39 is 6.03 Å². The Morgan fingerprint density at radius 3 is 2.92 bits per heavy atom. The van der Waals surface area contributed by atoms with Crippen molar-refractivity contribution in [2.75, 3.05) is 22.1 Å². The molecule has 1 saturated heterocycles. The first-order chi connectivity index (χ1) is 11.5. The molecule has 1 aliphatic heterocycles. The lowest BCUT2D eigenvalue weighted by Gasteiger charge is -2.32. The summed E-state index contributed by atoms with van der Waals surface area (Å²) in [5, 5.41) is 14.7. The number of urea groups is 1. The van der Waals surface area contributed by atoms with Crippen LogP contribution in [0.1, 0.15) is 31.7 Å². The third kappa shape index (κ3) is 3.81. The summed E-state index contributed by atoms with van der Waals surface area (Å²) in [6.07, 6.45) is 3.52. The van der Waals surface area contributed by atoms with E-state index in [0.29, 0.717) is 22.4 Å². The largest absolute Gasteiger partial charge is 0.344 e. The van der Waals surface area contributed by atoms with Crippen LogP contribution < -0.4 is 15.5 Å². The summed E-state index contributed by atoms with van der Waals surface area (Å²) in [5.41, 5.74) is 0.926. The van der Waals surface area contributed by atoms with Gasteiger partial charge in [0.25, 0.3) is 0 Å². The molecule has 6 nitrogen and oxygen atoms in total. The van der Waals surface area contributed by atoms with Crippen molar-refractivity contribution in [1.29, 1.82) is 0 Å².